The van der Waals surface area contributed by atoms with E-state index in [1.165, 1.54) is 0 Å². The van der Waals surface area contributed by atoms with Crippen LogP contribution >= 0.6 is 0 Å². The van der Waals surface area contributed by atoms with E-state index in [1.54, 1.807) is 15.6 Å². The van der Waals surface area contributed by atoms with Gasteiger partial charge in [0.25, 0.3) is 0 Å². The normalized spacial score (nSPS) is 10.8. The second kappa shape index (κ2) is 8.18. The molecule has 0 amide bonds. The summed E-state index contributed by atoms with van der Waals surface area (Å²) in [6, 6.07) is 9.83. The van der Waals surface area contributed by atoms with Crippen molar-refractivity contribution in [2.45, 2.75) is 39.3 Å². The van der Waals surface area contributed by atoms with Crippen LogP contribution in [-0.2, 0) is 29.1 Å². The highest BCUT2D eigenvalue weighted by atomic mass is 16.5. The van der Waals surface area contributed by atoms with Crippen molar-refractivity contribution in [3.05, 3.63) is 54.1 Å². The fourth-order valence-corrected chi connectivity index (χ4v) is 2.39. The van der Waals surface area contributed by atoms with E-state index in [4.69, 9.17) is 4.74 Å². The molecule has 0 aliphatic carbocycles. The van der Waals surface area contributed by atoms with Crippen LogP contribution in [0.25, 0.3) is 5.69 Å². The first kappa shape index (κ1) is 16.8. The molecule has 0 unspecified atom stereocenters. The Hall–Kier alpha value is -3.03. The van der Waals surface area contributed by atoms with Crippen molar-refractivity contribution in [2.24, 2.45) is 0 Å². The number of aryl methyl sites for hydroxylation is 2. The van der Waals surface area contributed by atoms with Crippen molar-refractivity contribution in [1.29, 1.82) is 0 Å². The van der Waals surface area contributed by atoms with Crippen LogP contribution in [0.1, 0.15) is 31.2 Å². The van der Waals surface area contributed by atoms with Gasteiger partial charge in [0.15, 0.2) is 12.4 Å². The van der Waals surface area contributed by atoms with E-state index < -0.39 is 0 Å². The number of nitrogens with zero attached hydrogens (tertiary/aromatic N) is 6. The number of aromatic nitrogens is 6. The lowest BCUT2D eigenvalue weighted by Crippen LogP contribution is -2.11. The van der Waals surface area contributed by atoms with Gasteiger partial charge in [-0.3, -0.25) is 4.79 Å². The summed E-state index contributed by atoms with van der Waals surface area (Å²) in [6.07, 6.45) is 5.46. The maximum atomic E-state index is 11.9. The Morgan fingerprint density at radius 1 is 1.24 bits per heavy atom. The Morgan fingerprint density at radius 3 is 2.88 bits per heavy atom. The minimum atomic E-state index is -0.279. The van der Waals surface area contributed by atoms with E-state index in [9.17, 15) is 4.79 Å². The number of carbonyl (C=O) groups is 1. The number of esters is 1. The highest BCUT2D eigenvalue weighted by Crippen LogP contribution is 2.09. The summed E-state index contributed by atoms with van der Waals surface area (Å²) in [5.41, 5.74) is 1.97. The molecule has 8 nitrogen and oxygen atoms in total. The van der Waals surface area contributed by atoms with Crippen LogP contribution in [0.15, 0.2) is 42.7 Å². The summed E-state index contributed by atoms with van der Waals surface area (Å²) in [6.45, 7) is 2.83. The van der Waals surface area contributed by atoms with Gasteiger partial charge in [-0.05, 0) is 41.0 Å². The highest BCUT2D eigenvalue weighted by Gasteiger charge is 2.10. The fourth-order valence-electron chi connectivity index (χ4n) is 2.39. The van der Waals surface area contributed by atoms with Crippen LogP contribution in [-0.4, -0.2) is 36.0 Å². The number of para-hydroxylation sites is 1. The molecule has 0 saturated heterocycles. The van der Waals surface area contributed by atoms with E-state index in [0.29, 0.717) is 18.8 Å². The minimum Gasteiger partial charge on any atom is -0.457 e. The smallest absolute Gasteiger partial charge is 0.306 e. The van der Waals surface area contributed by atoms with Crippen molar-refractivity contribution in [3.8, 4) is 5.69 Å². The standard InChI is InChI=1S/C17H20N6O2/c1-2-10-22-16(19-20-21-22)13-25-17(24)9-8-14-11-18-23(12-14)15-6-4-3-5-7-15/h3-7,11-12H,2,8-10,13H2,1H3. The molecular formula is C17H20N6O2. The zero-order chi connectivity index (χ0) is 17.5. The second-order valence-corrected chi connectivity index (χ2v) is 5.61. The topological polar surface area (TPSA) is 87.7 Å². The van der Waals surface area contributed by atoms with E-state index >= 15 is 0 Å². The molecule has 130 valence electrons. The van der Waals surface area contributed by atoms with E-state index in [0.717, 1.165) is 17.7 Å². The highest BCUT2D eigenvalue weighted by molar-refractivity contribution is 5.69. The number of hydrogen-bond donors (Lipinski definition) is 0. The van der Waals surface area contributed by atoms with Gasteiger partial charge >= 0.3 is 5.97 Å². The number of rotatable bonds is 8. The second-order valence-electron chi connectivity index (χ2n) is 5.61. The Morgan fingerprint density at radius 2 is 2.08 bits per heavy atom. The van der Waals surface area contributed by atoms with Crippen LogP contribution in [0.3, 0.4) is 0 Å². The number of hydrogen-bond acceptors (Lipinski definition) is 6. The third kappa shape index (κ3) is 4.50. The molecule has 2 heterocycles. The zero-order valence-corrected chi connectivity index (χ0v) is 14.1. The minimum absolute atomic E-state index is 0.0924. The largest absolute Gasteiger partial charge is 0.457 e. The summed E-state index contributed by atoms with van der Waals surface area (Å²) in [7, 11) is 0. The van der Waals surface area contributed by atoms with Crippen molar-refractivity contribution < 1.29 is 9.53 Å². The lowest BCUT2D eigenvalue weighted by molar-refractivity contribution is -0.145. The van der Waals surface area contributed by atoms with Gasteiger partial charge in [-0.2, -0.15) is 5.10 Å². The molecule has 3 rings (SSSR count). The number of carbonyl (C=O) groups excluding carboxylic acids is 1. The summed E-state index contributed by atoms with van der Waals surface area (Å²) < 4.78 is 8.70. The lowest BCUT2D eigenvalue weighted by Gasteiger charge is -2.04. The maximum Gasteiger partial charge on any atom is 0.306 e. The van der Waals surface area contributed by atoms with Gasteiger partial charge in [0.05, 0.1) is 11.9 Å². The van der Waals surface area contributed by atoms with Gasteiger partial charge in [0, 0.05) is 19.2 Å². The molecule has 0 bridgehead atoms. The van der Waals surface area contributed by atoms with Gasteiger partial charge in [-0.1, -0.05) is 25.1 Å². The van der Waals surface area contributed by atoms with E-state index in [1.807, 2.05) is 43.5 Å². The molecule has 1 aromatic carbocycles. The van der Waals surface area contributed by atoms with E-state index in [2.05, 4.69) is 20.6 Å². The molecule has 8 heteroatoms. The van der Waals surface area contributed by atoms with Crippen molar-refractivity contribution >= 4 is 5.97 Å². The molecule has 0 spiro atoms. The summed E-state index contributed by atoms with van der Waals surface area (Å²) in [4.78, 5) is 11.9. The molecule has 0 atom stereocenters. The quantitative estimate of drug-likeness (QED) is 0.582. The first-order chi connectivity index (χ1) is 12.3. The number of ether oxygens (including phenoxy) is 1. The van der Waals surface area contributed by atoms with Crippen LogP contribution < -0.4 is 0 Å². The zero-order valence-electron chi connectivity index (χ0n) is 14.1. The predicted molar refractivity (Wildman–Crippen MR) is 89.8 cm³/mol. The van der Waals surface area contributed by atoms with Crippen LogP contribution in [0.4, 0.5) is 0 Å². The van der Waals surface area contributed by atoms with Crippen LogP contribution in [0.2, 0.25) is 0 Å². The molecule has 3 aromatic rings. The van der Waals surface area contributed by atoms with Crippen LogP contribution in [0, 0.1) is 0 Å². The Bertz CT molecular complexity index is 811. The van der Waals surface area contributed by atoms with E-state index in [-0.39, 0.29) is 19.0 Å². The van der Waals surface area contributed by atoms with Gasteiger partial charge in [-0.25, -0.2) is 9.36 Å². The van der Waals surface area contributed by atoms with Crippen molar-refractivity contribution in [3.63, 3.8) is 0 Å². The Kier molecular flexibility index (Phi) is 5.50. The van der Waals surface area contributed by atoms with Crippen LogP contribution in [0.5, 0.6) is 0 Å². The molecule has 0 N–H and O–H groups in total. The summed E-state index contributed by atoms with van der Waals surface area (Å²) in [5, 5.41) is 15.7. The molecule has 2 aromatic heterocycles. The average Bonchev–Trinajstić information content (AvgIpc) is 3.29. The molecular weight excluding hydrogens is 320 g/mol. The Labute approximate surface area is 145 Å². The Balaban J connectivity index is 1.48. The molecule has 0 fully saturated rings. The third-order valence-electron chi connectivity index (χ3n) is 3.68. The molecule has 0 saturated carbocycles. The lowest BCUT2D eigenvalue weighted by atomic mass is 10.2. The first-order valence-corrected chi connectivity index (χ1v) is 8.26. The molecule has 0 radical (unpaired) electrons. The third-order valence-corrected chi connectivity index (χ3v) is 3.68. The molecule has 0 aliphatic rings. The van der Waals surface area contributed by atoms with Gasteiger partial charge < -0.3 is 4.74 Å². The number of benzene rings is 1. The molecule has 0 aliphatic heterocycles. The summed E-state index contributed by atoms with van der Waals surface area (Å²) in [5.74, 6) is 0.283. The first-order valence-electron chi connectivity index (χ1n) is 8.26. The fraction of sp³-hybridized carbons (Fsp3) is 0.353. The average molecular weight is 340 g/mol. The van der Waals surface area contributed by atoms with Gasteiger partial charge in [0.2, 0.25) is 0 Å². The van der Waals surface area contributed by atoms with Gasteiger partial charge in [-0.15, -0.1) is 5.10 Å². The van der Waals surface area contributed by atoms with Crippen molar-refractivity contribution in [2.75, 3.05) is 0 Å². The monoisotopic (exact) mass is 340 g/mol. The summed E-state index contributed by atoms with van der Waals surface area (Å²) >= 11 is 0. The SMILES string of the molecule is CCCn1nnnc1COC(=O)CCc1cnn(-c2ccccc2)c1. The van der Waals surface area contributed by atoms with Crippen molar-refractivity contribution in [1.82, 2.24) is 30.0 Å². The number of tetrazole rings is 1. The molecule has 25 heavy (non-hydrogen) atoms. The maximum absolute atomic E-state index is 11.9. The van der Waals surface area contributed by atoms with Gasteiger partial charge in [0.1, 0.15) is 0 Å². The predicted octanol–water partition coefficient (Wildman–Crippen LogP) is 1.94.